The minimum Gasteiger partial charge on any atom is -0.385 e. The number of nitrogens with one attached hydrogen (secondary N) is 1. The molecule has 1 heterocycles. The number of halogens is 1. The first-order valence-corrected chi connectivity index (χ1v) is 6.85. The fourth-order valence-electron chi connectivity index (χ4n) is 1.88. The minimum atomic E-state index is -0.330. The van der Waals surface area contributed by atoms with Crippen molar-refractivity contribution >= 4 is 17.3 Å². The van der Waals surface area contributed by atoms with Crippen LogP contribution in [0.4, 0.5) is 15.8 Å². The topological polar surface area (TPSA) is 45.2 Å². The molecule has 0 fully saturated rings. The summed E-state index contributed by atoms with van der Waals surface area (Å²) in [4.78, 5) is 18.0. The van der Waals surface area contributed by atoms with Crippen molar-refractivity contribution in [3.05, 3.63) is 54.1 Å². The molecule has 0 spiro atoms. The van der Waals surface area contributed by atoms with Gasteiger partial charge in [-0.15, -0.1) is 0 Å². The second-order valence-electron chi connectivity index (χ2n) is 4.70. The highest BCUT2D eigenvalue weighted by Crippen LogP contribution is 2.17. The Hall–Kier alpha value is -2.43. The van der Waals surface area contributed by atoms with Gasteiger partial charge in [-0.05, 0) is 42.8 Å². The van der Waals surface area contributed by atoms with Gasteiger partial charge in [-0.2, -0.15) is 0 Å². The van der Waals surface area contributed by atoms with Gasteiger partial charge in [-0.1, -0.05) is 6.92 Å². The van der Waals surface area contributed by atoms with Crippen molar-refractivity contribution in [2.45, 2.75) is 13.3 Å². The highest BCUT2D eigenvalue weighted by Gasteiger charge is 2.15. The van der Waals surface area contributed by atoms with Crippen LogP contribution in [0, 0.1) is 5.82 Å². The maximum Gasteiger partial charge on any atom is 0.276 e. The summed E-state index contributed by atoms with van der Waals surface area (Å²) >= 11 is 0. The normalized spacial score (nSPS) is 10.2. The lowest BCUT2D eigenvalue weighted by Crippen LogP contribution is -2.27. The van der Waals surface area contributed by atoms with Crippen molar-refractivity contribution in [3.8, 4) is 0 Å². The van der Waals surface area contributed by atoms with E-state index in [4.69, 9.17) is 0 Å². The van der Waals surface area contributed by atoms with Crippen LogP contribution in [0.25, 0.3) is 0 Å². The van der Waals surface area contributed by atoms with Gasteiger partial charge < -0.3 is 10.2 Å². The Labute approximate surface area is 123 Å². The number of anilines is 2. The van der Waals surface area contributed by atoms with E-state index >= 15 is 0 Å². The van der Waals surface area contributed by atoms with Gasteiger partial charge in [0.15, 0.2) is 0 Å². The van der Waals surface area contributed by atoms with E-state index in [1.54, 1.807) is 31.4 Å². The van der Waals surface area contributed by atoms with Gasteiger partial charge in [0.2, 0.25) is 0 Å². The smallest absolute Gasteiger partial charge is 0.276 e. The van der Waals surface area contributed by atoms with Crippen LogP contribution in [-0.4, -0.2) is 24.5 Å². The third-order valence-electron chi connectivity index (χ3n) is 3.08. The summed E-state index contributed by atoms with van der Waals surface area (Å²) in [5.41, 5.74) is 1.83. The number of benzene rings is 1. The van der Waals surface area contributed by atoms with E-state index in [9.17, 15) is 9.18 Å². The molecule has 0 saturated carbocycles. The van der Waals surface area contributed by atoms with Crippen LogP contribution >= 0.6 is 0 Å². The zero-order valence-corrected chi connectivity index (χ0v) is 12.1. The summed E-state index contributed by atoms with van der Waals surface area (Å²) < 4.78 is 12.9. The van der Waals surface area contributed by atoms with Crippen molar-refractivity contribution in [3.63, 3.8) is 0 Å². The summed E-state index contributed by atoms with van der Waals surface area (Å²) in [5, 5.41) is 3.22. The number of rotatable bonds is 5. The highest BCUT2D eigenvalue weighted by atomic mass is 19.1. The molecule has 0 saturated heterocycles. The molecule has 2 rings (SSSR count). The Kier molecular flexibility index (Phi) is 4.87. The Bertz CT molecular complexity index is 613. The van der Waals surface area contributed by atoms with Crippen molar-refractivity contribution in [1.29, 1.82) is 0 Å². The molecule has 0 aliphatic carbocycles. The Morgan fingerprint density at radius 2 is 2.00 bits per heavy atom. The molecule has 2 aromatic rings. The Balaban J connectivity index is 2.17. The summed E-state index contributed by atoms with van der Waals surface area (Å²) in [6.07, 6.45) is 2.60. The fourth-order valence-corrected chi connectivity index (χ4v) is 1.88. The van der Waals surface area contributed by atoms with Gasteiger partial charge in [-0.3, -0.25) is 9.78 Å². The predicted octanol–water partition coefficient (Wildman–Crippen LogP) is 3.32. The molecule has 4 nitrogen and oxygen atoms in total. The van der Waals surface area contributed by atoms with Crippen LogP contribution in [0.2, 0.25) is 0 Å². The first-order chi connectivity index (χ1) is 10.1. The van der Waals surface area contributed by atoms with Crippen LogP contribution in [0.3, 0.4) is 0 Å². The molecule has 0 unspecified atom stereocenters. The molecule has 0 atom stereocenters. The van der Waals surface area contributed by atoms with E-state index in [1.165, 1.54) is 17.0 Å². The van der Waals surface area contributed by atoms with Gasteiger partial charge in [0.05, 0.1) is 0 Å². The molecule has 1 aromatic heterocycles. The van der Waals surface area contributed by atoms with Crippen molar-refractivity contribution < 1.29 is 9.18 Å². The number of carbonyl (C=O) groups excluding carboxylic acids is 1. The van der Waals surface area contributed by atoms with Gasteiger partial charge >= 0.3 is 0 Å². The average Bonchev–Trinajstić information content (AvgIpc) is 2.52. The van der Waals surface area contributed by atoms with E-state index in [1.807, 2.05) is 6.07 Å². The quantitative estimate of drug-likeness (QED) is 0.917. The van der Waals surface area contributed by atoms with E-state index in [0.29, 0.717) is 11.4 Å². The molecule has 1 N–H and O–H groups in total. The second-order valence-corrected chi connectivity index (χ2v) is 4.70. The number of pyridine rings is 1. The number of amides is 1. The number of carbonyl (C=O) groups is 1. The molecule has 0 aliphatic heterocycles. The lowest BCUT2D eigenvalue weighted by molar-refractivity contribution is 0.0988. The van der Waals surface area contributed by atoms with Crippen LogP contribution in [0.5, 0.6) is 0 Å². The van der Waals surface area contributed by atoms with E-state index in [0.717, 1.165) is 18.7 Å². The second kappa shape index (κ2) is 6.83. The third kappa shape index (κ3) is 3.78. The van der Waals surface area contributed by atoms with Crippen LogP contribution in [0.1, 0.15) is 23.8 Å². The lowest BCUT2D eigenvalue weighted by atomic mass is 10.2. The van der Waals surface area contributed by atoms with E-state index < -0.39 is 0 Å². The molecule has 1 aromatic carbocycles. The molecule has 0 radical (unpaired) electrons. The molecular weight excluding hydrogens is 269 g/mol. The maximum atomic E-state index is 12.9. The number of hydrogen-bond acceptors (Lipinski definition) is 3. The van der Waals surface area contributed by atoms with Gasteiger partial charge in [0.1, 0.15) is 11.5 Å². The third-order valence-corrected chi connectivity index (χ3v) is 3.08. The monoisotopic (exact) mass is 287 g/mol. The highest BCUT2D eigenvalue weighted by molar-refractivity contribution is 6.04. The molecular formula is C16H18FN3O. The largest absolute Gasteiger partial charge is 0.385 e. The number of aromatic nitrogens is 1. The number of hydrogen-bond donors (Lipinski definition) is 1. The van der Waals surface area contributed by atoms with Crippen LogP contribution in [-0.2, 0) is 0 Å². The first kappa shape index (κ1) is 15.0. The maximum absolute atomic E-state index is 12.9. The van der Waals surface area contributed by atoms with Gasteiger partial charge in [0.25, 0.3) is 5.91 Å². The van der Waals surface area contributed by atoms with E-state index in [-0.39, 0.29) is 11.7 Å². The average molecular weight is 287 g/mol. The Morgan fingerprint density at radius 3 is 2.67 bits per heavy atom. The minimum absolute atomic E-state index is 0.234. The van der Waals surface area contributed by atoms with Crippen molar-refractivity contribution in [2.75, 3.05) is 23.8 Å². The molecule has 0 bridgehead atoms. The summed E-state index contributed by atoms with van der Waals surface area (Å²) in [6.45, 7) is 2.91. The van der Waals surface area contributed by atoms with Gasteiger partial charge in [-0.25, -0.2) is 4.39 Å². The molecule has 1 amide bonds. The standard InChI is InChI=1S/C16H18FN3O/c1-3-9-18-13-8-10-19-15(11-13)16(21)20(2)14-6-4-12(17)5-7-14/h4-8,10-11H,3,9H2,1-2H3,(H,18,19). The summed E-state index contributed by atoms with van der Waals surface area (Å²) in [6, 6.07) is 9.32. The van der Waals surface area contributed by atoms with Crippen molar-refractivity contribution in [1.82, 2.24) is 4.98 Å². The van der Waals surface area contributed by atoms with E-state index in [2.05, 4.69) is 17.2 Å². The fraction of sp³-hybridized carbons (Fsp3) is 0.250. The molecule has 0 aliphatic rings. The number of nitrogens with zero attached hydrogens (tertiary/aromatic N) is 2. The molecule has 5 heteroatoms. The zero-order chi connectivity index (χ0) is 15.2. The zero-order valence-electron chi connectivity index (χ0n) is 12.1. The molecule has 110 valence electrons. The Morgan fingerprint density at radius 1 is 1.29 bits per heavy atom. The summed E-state index contributed by atoms with van der Waals surface area (Å²) in [5.74, 6) is -0.565. The van der Waals surface area contributed by atoms with Gasteiger partial charge in [0, 0.05) is 31.2 Å². The lowest BCUT2D eigenvalue weighted by Gasteiger charge is -2.17. The molecule has 21 heavy (non-hydrogen) atoms. The SMILES string of the molecule is CCCNc1ccnc(C(=O)N(C)c2ccc(F)cc2)c1. The van der Waals surface area contributed by atoms with Crippen LogP contribution in [0.15, 0.2) is 42.6 Å². The van der Waals surface area contributed by atoms with Crippen molar-refractivity contribution in [2.24, 2.45) is 0 Å². The summed E-state index contributed by atoms with van der Waals surface area (Å²) in [7, 11) is 1.64. The first-order valence-electron chi connectivity index (χ1n) is 6.85. The van der Waals surface area contributed by atoms with Crippen LogP contribution < -0.4 is 10.2 Å². The predicted molar refractivity (Wildman–Crippen MR) is 82.2 cm³/mol.